The van der Waals surface area contributed by atoms with Crippen LogP contribution in [0.3, 0.4) is 0 Å². The zero-order valence-electron chi connectivity index (χ0n) is 22.2. The lowest BCUT2D eigenvalue weighted by molar-refractivity contribution is -0.134. The number of rotatable bonds is 9. The highest BCUT2D eigenvalue weighted by molar-refractivity contribution is 14.1. The van der Waals surface area contributed by atoms with Gasteiger partial charge in [0.2, 0.25) is 5.78 Å². The summed E-state index contributed by atoms with van der Waals surface area (Å²) >= 11 is 8.49. The van der Waals surface area contributed by atoms with E-state index in [2.05, 4.69) is 27.9 Å². The molecule has 1 heterocycles. The van der Waals surface area contributed by atoms with Gasteiger partial charge in [0.1, 0.15) is 23.7 Å². The number of halogens is 2. The third-order valence-corrected chi connectivity index (χ3v) is 8.12. The van der Waals surface area contributed by atoms with Gasteiger partial charge >= 0.3 is 5.97 Å². The molecule has 1 amide bonds. The molecule has 0 unspecified atom stereocenters. The largest absolute Gasteiger partial charge is 0.507 e. The van der Waals surface area contributed by atoms with E-state index in [1.807, 2.05) is 54.1 Å². The molecule has 5 rings (SSSR count). The van der Waals surface area contributed by atoms with E-state index in [1.165, 1.54) is 18.2 Å². The standard InChI is InChI=1S/C32H24ClIN2O6/c1-36-25-16-26(37)23(32(40)41)15-22(25)29(34)30(36)20-9-5-8-19(12-20)13-27(38)31(39)35-21-10-11-28(24(33)14-21)42-17-18-6-3-2-4-7-18/h2-12,14-16,37H,13,17H2,1H3,(H,35,39)(H,40,41). The number of nitrogens with one attached hydrogen (secondary N) is 1. The number of carbonyl (C=O) groups is 3. The lowest BCUT2D eigenvalue weighted by Gasteiger charge is -2.11. The number of carbonyl (C=O) groups excluding carboxylic acids is 2. The summed E-state index contributed by atoms with van der Waals surface area (Å²) in [7, 11) is 1.81. The predicted molar refractivity (Wildman–Crippen MR) is 169 cm³/mol. The topological polar surface area (TPSA) is 118 Å². The van der Waals surface area contributed by atoms with Crippen LogP contribution in [0.25, 0.3) is 22.2 Å². The summed E-state index contributed by atoms with van der Waals surface area (Å²) in [5.74, 6) is -2.48. The number of aryl methyl sites for hydroxylation is 1. The maximum atomic E-state index is 12.8. The quantitative estimate of drug-likeness (QED) is 0.115. The molecular weight excluding hydrogens is 671 g/mol. The van der Waals surface area contributed by atoms with Crippen molar-refractivity contribution in [3.05, 3.63) is 110 Å². The van der Waals surface area contributed by atoms with Gasteiger partial charge in [-0.25, -0.2) is 4.79 Å². The predicted octanol–water partition coefficient (Wildman–Crippen LogP) is 6.84. The monoisotopic (exact) mass is 694 g/mol. The Morgan fingerprint density at radius 3 is 2.40 bits per heavy atom. The van der Waals surface area contributed by atoms with Crippen LogP contribution in [0.15, 0.2) is 84.9 Å². The summed E-state index contributed by atoms with van der Waals surface area (Å²) in [5.41, 5.74) is 4.03. The zero-order valence-corrected chi connectivity index (χ0v) is 25.1. The van der Waals surface area contributed by atoms with Gasteiger partial charge in [-0.1, -0.05) is 60.1 Å². The van der Waals surface area contributed by atoms with Gasteiger partial charge in [-0.2, -0.15) is 0 Å². The summed E-state index contributed by atoms with van der Waals surface area (Å²) in [6.45, 7) is 0.341. The number of hydrogen-bond donors (Lipinski definition) is 3. The van der Waals surface area contributed by atoms with E-state index in [0.29, 0.717) is 39.5 Å². The molecule has 0 aliphatic carbocycles. The fourth-order valence-corrected chi connectivity index (χ4v) is 5.98. The molecule has 3 N–H and O–H groups in total. The van der Waals surface area contributed by atoms with E-state index in [4.69, 9.17) is 16.3 Å². The van der Waals surface area contributed by atoms with Crippen molar-refractivity contribution >= 4 is 68.4 Å². The van der Waals surface area contributed by atoms with Crippen molar-refractivity contribution in [2.24, 2.45) is 7.05 Å². The number of carboxylic acids is 1. The smallest absolute Gasteiger partial charge is 0.339 e. The van der Waals surface area contributed by atoms with Crippen molar-refractivity contribution in [2.45, 2.75) is 13.0 Å². The minimum Gasteiger partial charge on any atom is -0.507 e. The molecule has 1 aromatic heterocycles. The summed E-state index contributed by atoms with van der Waals surface area (Å²) < 4.78 is 8.41. The van der Waals surface area contributed by atoms with Crippen LogP contribution in [-0.2, 0) is 29.7 Å². The van der Waals surface area contributed by atoms with Crippen LogP contribution in [0.2, 0.25) is 5.02 Å². The third kappa shape index (κ3) is 6.12. The van der Waals surface area contributed by atoms with E-state index in [9.17, 15) is 24.6 Å². The Balaban J connectivity index is 1.29. The second-order valence-electron chi connectivity index (χ2n) is 9.59. The van der Waals surface area contributed by atoms with E-state index in [0.717, 1.165) is 20.4 Å². The molecule has 10 heteroatoms. The zero-order chi connectivity index (χ0) is 30.0. The third-order valence-electron chi connectivity index (χ3n) is 6.73. The Kier molecular flexibility index (Phi) is 8.51. The van der Waals surface area contributed by atoms with Gasteiger partial charge in [0.05, 0.1) is 16.2 Å². The first kappa shape index (κ1) is 29.2. The number of hydrogen-bond acceptors (Lipinski definition) is 5. The summed E-state index contributed by atoms with van der Waals surface area (Å²) in [5, 5.41) is 23.2. The number of aromatic hydroxyl groups is 1. The van der Waals surface area contributed by atoms with Crippen LogP contribution in [0.4, 0.5) is 5.69 Å². The molecule has 0 aliphatic rings. The molecule has 0 saturated heterocycles. The SMILES string of the molecule is Cn1c(-c2cccc(CC(=O)C(=O)Nc3ccc(OCc4ccccc4)c(Cl)c3)c2)c(I)c2cc(C(=O)O)c(O)cc21. The van der Waals surface area contributed by atoms with Gasteiger partial charge in [-0.15, -0.1) is 0 Å². The Morgan fingerprint density at radius 1 is 0.952 bits per heavy atom. The van der Waals surface area contributed by atoms with E-state index < -0.39 is 17.7 Å². The second kappa shape index (κ2) is 12.3. The van der Waals surface area contributed by atoms with Crippen molar-refractivity contribution in [2.75, 3.05) is 5.32 Å². The number of aromatic carboxylic acids is 1. The number of Topliss-reactive ketones (excluding diaryl/α,β-unsaturated/α-hetero) is 1. The van der Waals surface area contributed by atoms with Gasteiger partial charge in [-0.05, 0) is 69.6 Å². The van der Waals surface area contributed by atoms with Crippen LogP contribution in [0.1, 0.15) is 21.5 Å². The Bertz CT molecular complexity index is 1850. The normalized spacial score (nSPS) is 10.9. The number of carboxylic acid groups (broad SMARTS) is 1. The lowest BCUT2D eigenvalue weighted by atomic mass is 10.0. The molecule has 0 spiro atoms. The van der Waals surface area contributed by atoms with E-state index in [1.54, 1.807) is 24.3 Å². The van der Waals surface area contributed by atoms with Crippen LogP contribution < -0.4 is 10.1 Å². The minimum atomic E-state index is -1.22. The Morgan fingerprint density at radius 2 is 1.69 bits per heavy atom. The molecule has 0 radical (unpaired) electrons. The number of nitrogens with zero attached hydrogens (tertiary/aromatic N) is 1. The molecule has 0 saturated carbocycles. The highest BCUT2D eigenvalue weighted by Gasteiger charge is 2.21. The molecule has 8 nitrogen and oxygen atoms in total. The molecule has 0 atom stereocenters. The maximum Gasteiger partial charge on any atom is 0.339 e. The number of fused-ring (bicyclic) bond motifs is 1. The average Bonchev–Trinajstić information content (AvgIpc) is 3.21. The highest BCUT2D eigenvalue weighted by atomic mass is 127. The van der Waals surface area contributed by atoms with Crippen molar-refractivity contribution < 1.29 is 29.3 Å². The molecular formula is C32H24ClIN2O6. The molecule has 0 fully saturated rings. The lowest BCUT2D eigenvalue weighted by Crippen LogP contribution is -2.24. The van der Waals surface area contributed by atoms with E-state index >= 15 is 0 Å². The van der Waals surface area contributed by atoms with Crippen molar-refractivity contribution in [1.82, 2.24) is 4.57 Å². The van der Waals surface area contributed by atoms with Crippen LogP contribution in [0.5, 0.6) is 11.5 Å². The molecule has 0 aliphatic heterocycles. The fraction of sp³-hybridized carbons (Fsp3) is 0.0938. The fourth-order valence-electron chi connectivity index (χ4n) is 4.64. The van der Waals surface area contributed by atoms with Crippen molar-refractivity contribution in [1.29, 1.82) is 0 Å². The second-order valence-corrected chi connectivity index (χ2v) is 11.1. The van der Waals surface area contributed by atoms with Gasteiger partial charge in [0, 0.05) is 34.2 Å². The number of amides is 1. The van der Waals surface area contributed by atoms with E-state index in [-0.39, 0.29) is 17.7 Å². The molecule has 5 aromatic rings. The van der Waals surface area contributed by atoms with Gasteiger partial charge in [-0.3, -0.25) is 9.59 Å². The molecule has 42 heavy (non-hydrogen) atoms. The van der Waals surface area contributed by atoms with Crippen LogP contribution in [-0.4, -0.2) is 32.4 Å². The first-order valence-electron chi connectivity index (χ1n) is 12.8. The number of ether oxygens (including phenoxy) is 1. The summed E-state index contributed by atoms with van der Waals surface area (Å²) in [6, 6.07) is 24.5. The maximum absolute atomic E-state index is 12.8. The number of ketones is 1. The summed E-state index contributed by atoms with van der Waals surface area (Å²) in [4.78, 5) is 37.1. The van der Waals surface area contributed by atoms with Crippen LogP contribution >= 0.6 is 34.2 Å². The van der Waals surface area contributed by atoms with Gasteiger partial charge < -0.3 is 24.8 Å². The van der Waals surface area contributed by atoms with Crippen LogP contribution in [0, 0.1) is 3.57 Å². The number of anilines is 1. The first-order chi connectivity index (χ1) is 20.1. The first-order valence-corrected chi connectivity index (χ1v) is 14.2. The summed E-state index contributed by atoms with van der Waals surface area (Å²) in [6.07, 6.45) is -0.129. The van der Waals surface area contributed by atoms with Gasteiger partial charge in [0.25, 0.3) is 5.91 Å². The van der Waals surface area contributed by atoms with Crippen molar-refractivity contribution in [3.63, 3.8) is 0 Å². The highest BCUT2D eigenvalue weighted by Crippen LogP contribution is 2.37. The molecule has 0 bridgehead atoms. The minimum absolute atomic E-state index is 0.129. The van der Waals surface area contributed by atoms with Crippen molar-refractivity contribution in [3.8, 4) is 22.8 Å². The average molecular weight is 695 g/mol. The Labute approximate surface area is 259 Å². The molecule has 4 aromatic carbocycles. The number of aromatic nitrogens is 1. The Hall–Kier alpha value is -4.35. The number of phenols is 1. The van der Waals surface area contributed by atoms with Gasteiger partial charge in [0.15, 0.2) is 0 Å². The number of benzene rings is 4. The molecule has 212 valence electrons.